The summed E-state index contributed by atoms with van der Waals surface area (Å²) >= 11 is 0. The summed E-state index contributed by atoms with van der Waals surface area (Å²) in [6.45, 7) is 6.16. The highest BCUT2D eigenvalue weighted by Crippen LogP contribution is 2.18. The largest absolute Gasteiger partial charge is 0.241 e. The molecule has 2 nitrogen and oxygen atoms in total. The lowest BCUT2D eigenvalue weighted by atomic mass is 10.1. The zero-order valence-electron chi connectivity index (χ0n) is 9.20. The average molecular weight is 190 g/mol. The van der Waals surface area contributed by atoms with E-state index in [-0.39, 0.29) is 0 Å². The third-order valence-corrected chi connectivity index (χ3v) is 2.06. The molecule has 0 fully saturated rings. The van der Waals surface area contributed by atoms with E-state index in [0.29, 0.717) is 0 Å². The van der Waals surface area contributed by atoms with Crippen LogP contribution in [-0.2, 0) is 0 Å². The minimum absolute atomic E-state index is 1.14. The van der Waals surface area contributed by atoms with E-state index in [9.17, 15) is 0 Å². The summed E-state index contributed by atoms with van der Waals surface area (Å²) in [6.07, 6.45) is 10.5. The van der Waals surface area contributed by atoms with Gasteiger partial charge in [0, 0.05) is 12.4 Å². The molecule has 0 atom stereocenters. The molecule has 1 heterocycles. The zero-order chi connectivity index (χ0) is 10.4. The van der Waals surface area contributed by atoms with E-state index in [1.807, 2.05) is 30.8 Å². The Bertz CT molecular complexity index is 318. The second-order valence-corrected chi connectivity index (χ2v) is 3.11. The van der Waals surface area contributed by atoms with Crippen molar-refractivity contribution in [3.63, 3.8) is 0 Å². The standard InChI is InChI=1S/C10H12N2.C2H6/c1-9-4-2-5-10(8-9)12-7-3-6-11-12;1-2/h3,5-8H,2,4H2,1H3;1-2H3. The van der Waals surface area contributed by atoms with E-state index >= 15 is 0 Å². The van der Waals surface area contributed by atoms with Crippen molar-refractivity contribution in [2.24, 2.45) is 0 Å². The van der Waals surface area contributed by atoms with Gasteiger partial charge in [-0.15, -0.1) is 0 Å². The minimum atomic E-state index is 1.14. The van der Waals surface area contributed by atoms with Crippen molar-refractivity contribution in [3.8, 4) is 0 Å². The highest BCUT2D eigenvalue weighted by atomic mass is 15.3. The number of rotatable bonds is 1. The molecule has 2 rings (SSSR count). The van der Waals surface area contributed by atoms with Crippen molar-refractivity contribution in [2.45, 2.75) is 33.6 Å². The lowest BCUT2D eigenvalue weighted by molar-refractivity contribution is 0.873. The summed E-state index contributed by atoms with van der Waals surface area (Å²) in [5.74, 6) is 0. The Morgan fingerprint density at radius 2 is 2.14 bits per heavy atom. The van der Waals surface area contributed by atoms with Crippen LogP contribution in [0.15, 0.2) is 36.2 Å². The molecule has 0 bridgehead atoms. The van der Waals surface area contributed by atoms with Crippen LogP contribution < -0.4 is 0 Å². The van der Waals surface area contributed by atoms with Crippen molar-refractivity contribution in [1.29, 1.82) is 0 Å². The third kappa shape index (κ3) is 2.59. The molecule has 14 heavy (non-hydrogen) atoms. The van der Waals surface area contributed by atoms with Crippen molar-refractivity contribution in [3.05, 3.63) is 36.2 Å². The first-order valence-corrected chi connectivity index (χ1v) is 5.23. The van der Waals surface area contributed by atoms with Gasteiger partial charge < -0.3 is 0 Å². The first-order chi connectivity index (χ1) is 6.86. The second-order valence-electron chi connectivity index (χ2n) is 3.11. The Morgan fingerprint density at radius 1 is 1.36 bits per heavy atom. The van der Waals surface area contributed by atoms with Crippen LogP contribution >= 0.6 is 0 Å². The molecule has 0 saturated heterocycles. The molecule has 76 valence electrons. The molecular formula is C12H18N2. The first kappa shape index (κ1) is 10.8. The fraction of sp³-hybridized carbons (Fsp3) is 0.417. The van der Waals surface area contributed by atoms with Crippen molar-refractivity contribution in [2.75, 3.05) is 0 Å². The van der Waals surface area contributed by atoms with Crippen molar-refractivity contribution < 1.29 is 0 Å². The topological polar surface area (TPSA) is 17.8 Å². The van der Waals surface area contributed by atoms with Gasteiger partial charge in [-0.1, -0.05) is 25.5 Å². The molecular weight excluding hydrogens is 172 g/mol. The average Bonchev–Trinajstić information content (AvgIpc) is 2.74. The molecule has 1 aromatic heterocycles. The zero-order valence-corrected chi connectivity index (χ0v) is 9.20. The van der Waals surface area contributed by atoms with Gasteiger partial charge in [0.2, 0.25) is 0 Å². The van der Waals surface area contributed by atoms with Gasteiger partial charge in [-0.3, -0.25) is 0 Å². The number of hydrogen-bond donors (Lipinski definition) is 0. The summed E-state index contributed by atoms with van der Waals surface area (Å²) in [5.41, 5.74) is 2.63. The van der Waals surface area contributed by atoms with Crippen LogP contribution in [0.4, 0.5) is 0 Å². The maximum absolute atomic E-state index is 4.18. The molecule has 1 aliphatic rings. The van der Waals surface area contributed by atoms with Gasteiger partial charge in [0.15, 0.2) is 0 Å². The summed E-state index contributed by atoms with van der Waals surface area (Å²) in [5, 5.41) is 4.18. The smallest absolute Gasteiger partial charge is 0.0605 e. The van der Waals surface area contributed by atoms with Crippen LogP contribution in [0.25, 0.3) is 5.70 Å². The summed E-state index contributed by atoms with van der Waals surface area (Å²) in [4.78, 5) is 0. The number of nitrogens with zero attached hydrogens (tertiary/aromatic N) is 2. The molecule has 1 aliphatic carbocycles. The monoisotopic (exact) mass is 190 g/mol. The normalized spacial score (nSPS) is 15.1. The van der Waals surface area contributed by atoms with Crippen molar-refractivity contribution in [1.82, 2.24) is 9.78 Å². The SMILES string of the molecule is CC.CC1=CC(n2cccn2)=CCC1. The Balaban J connectivity index is 0.000000461. The Labute approximate surface area is 85.9 Å². The van der Waals surface area contributed by atoms with Crippen LogP contribution in [-0.4, -0.2) is 9.78 Å². The molecule has 1 aromatic rings. The van der Waals surface area contributed by atoms with Gasteiger partial charge in [0.05, 0.1) is 5.70 Å². The molecule has 0 unspecified atom stereocenters. The fourth-order valence-corrected chi connectivity index (χ4v) is 1.41. The third-order valence-electron chi connectivity index (χ3n) is 2.06. The van der Waals surface area contributed by atoms with Crippen LogP contribution in [0.2, 0.25) is 0 Å². The van der Waals surface area contributed by atoms with E-state index in [1.165, 1.54) is 17.7 Å². The van der Waals surface area contributed by atoms with E-state index in [0.717, 1.165) is 6.42 Å². The van der Waals surface area contributed by atoms with Crippen LogP contribution in [0.3, 0.4) is 0 Å². The van der Waals surface area contributed by atoms with Gasteiger partial charge in [0.1, 0.15) is 0 Å². The first-order valence-electron chi connectivity index (χ1n) is 5.23. The van der Waals surface area contributed by atoms with E-state index in [1.54, 1.807) is 6.20 Å². The molecule has 0 radical (unpaired) electrons. The lowest BCUT2D eigenvalue weighted by Crippen LogP contribution is -1.98. The summed E-state index contributed by atoms with van der Waals surface area (Å²) < 4.78 is 1.91. The minimum Gasteiger partial charge on any atom is -0.241 e. The molecule has 0 N–H and O–H groups in total. The van der Waals surface area contributed by atoms with Gasteiger partial charge >= 0.3 is 0 Å². The number of allylic oxidation sites excluding steroid dienone is 4. The van der Waals surface area contributed by atoms with Gasteiger partial charge in [-0.05, 0) is 31.9 Å². The van der Waals surface area contributed by atoms with E-state index in [2.05, 4.69) is 24.2 Å². The van der Waals surface area contributed by atoms with Gasteiger partial charge in [-0.2, -0.15) is 5.10 Å². The molecule has 2 heteroatoms. The lowest BCUT2D eigenvalue weighted by Gasteiger charge is -2.09. The van der Waals surface area contributed by atoms with Crippen molar-refractivity contribution >= 4 is 5.70 Å². The Kier molecular flexibility index (Phi) is 4.17. The molecule has 0 amide bonds. The quantitative estimate of drug-likeness (QED) is 0.662. The predicted octanol–water partition coefficient (Wildman–Crippen LogP) is 3.49. The van der Waals surface area contributed by atoms with Crippen LogP contribution in [0.1, 0.15) is 33.6 Å². The Hall–Kier alpha value is -1.31. The number of aromatic nitrogens is 2. The maximum atomic E-state index is 4.18. The van der Waals surface area contributed by atoms with E-state index in [4.69, 9.17) is 0 Å². The van der Waals surface area contributed by atoms with Crippen LogP contribution in [0.5, 0.6) is 0 Å². The maximum Gasteiger partial charge on any atom is 0.0605 e. The predicted molar refractivity (Wildman–Crippen MR) is 60.8 cm³/mol. The molecule has 0 aromatic carbocycles. The highest BCUT2D eigenvalue weighted by molar-refractivity contribution is 5.58. The summed E-state index contributed by atoms with van der Waals surface area (Å²) in [6, 6.07) is 1.94. The van der Waals surface area contributed by atoms with Gasteiger partial charge in [0.25, 0.3) is 0 Å². The highest BCUT2D eigenvalue weighted by Gasteiger charge is 2.02. The van der Waals surface area contributed by atoms with E-state index < -0.39 is 0 Å². The van der Waals surface area contributed by atoms with Gasteiger partial charge in [-0.25, -0.2) is 4.68 Å². The summed E-state index contributed by atoms with van der Waals surface area (Å²) in [7, 11) is 0. The second kappa shape index (κ2) is 5.43. The molecule has 0 aliphatic heterocycles. The number of hydrogen-bond acceptors (Lipinski definition) is 1. The van der Waals surface area contributed by atoms with Crippen LogP contribution in [0, 0.1) is 0 Å². The Morgan fingerprint density at radius 3 is 2.71 bits per heavy atom. The fourth-order valence-electron chi connectivity index (χ4n) is 1.41. The molecule has 0 spiro atoms. The molecule has 0 saturated carbocycles.